The molecule has 3 atom stereocenters. The molecule has 118 valence electrons. The van der Waals surface area contributed by atoms with Crippen LogP contribution in [0, 0.1) is 18.8 Å². The van der Waals surface area contributed by atoms with Crippen LogP contribution in [0.5, 0.6) is 0 Å². The van der Waals surface area contributed by atoms with Crippen molar-refractivity contribution >= 4 is 0 Å². The molecule has 1 heterocycles. The van der Waals surface area contributed by atoms with Crippen LogP contribution < -0.4 is 5.32 Å². The van der Waals surface area contributed by atoms with E-state index < -0.39 is 0 Å². The third-order valence-electron chi connectivity index (χ3n) is 5.10. The van der Waals surface area contributed by atoms with Gasteiger partial charge in [0.1, 0.15) is 0 Å². The van der Waals surface area contributed by atoms with E-state index in [1.807, 2.05) is 0 Å². The number of hydrogen-bond donors (Lipinski definition) is 1. The van der Waals surface area contributed by atoms with Crippen LogP contribution in [0.25, 0.3) is 0 Å². The first kappa shape index (κ1) is 16.5. The normalized spacial score (nSPS) is 25.2. The quantitative estimate of drug-likeness (QED) is 0.885. The van der Waals surface area contributed by atoms with Gasteiger partial charge in [0.25, 0.3) is 0 Å². The molecule has 1 aromatic carbocycles. The van der Waals surface area contributed by atoms with E-state index in [1.165, 1.54) is 24.1 Å². The number of nitrogens with one attached hydrogen (secondary N) is 1. The van der Waals surface area contributed by atoms with Crippen LogP contribution in [-0.2, 0) is 6.54 Å². The summed E-state index contributed by atoms with van der Waals surface area (Å²) in [6.07, 6.45) is 1.25. The summed E-state index contributed by atoms with van der Waals surface area (Å²) < 4.78 is 0. The molecule has 3 unspecified atom stereocenters. The highest BCUT2D eigenvalue weighted by Gasteiger charge is 2.31. The topological polar surface area (TPSA) is 15.3 Å². The molecular weight excluding hydrogens is 256 g/mol. The number of hydrogen-bond acceptors (Lipinski definition) is 2. The highest BCUT2D eigenvalue weighted by molar-refractivity contribution is 5.21. The van der Waals surface area contributed by atoms with E-state index in [4.69, 9.17) is 0 Å². The minimum atomic E-state index is 0.621. The Kier molecular flexibility index (Phi) is 5.83. The first-order valence-electron chi connectivity index (χ1n) is 8.54. The van der Waals surface area contributed by atoms with Crippen molar-refractivity contribution in [3.63, 3.8) is 0 Å². The summed E-state index contributed by atoms with van der Waals surface area (Å²) in [4.78, 5) is 2.71. The Balaban J connectivity index is 2.10. The van der Waals surface area contributed by atoms with Crippen molar-refractivity contribution in [2.24, 2.45) is 11.8 Å². The SMILES string of the molecule is CCC(C)C1CNC(C(C)C)CN1Cc1ccc(C)cc1. The lowest BCUT2D eigenvalue weighted by atomic mass is 9.91. The van der Waals surface area contributed by atoms with Crippen molar-refractivity contribution in [2.75, 3.05) is 13.1 Å². The Bertz CT molecular complexity index is 424. The Morgan fingerprint density at radius 2 is 1.86 bits per heavy atom. The fourth-order valence-corrected chi connectivity index (χ4v) is 3.24. The first-order valence-corrected chi connectivity index (χ1v) is 8.54. The lowest BCUT2D eigenvalue weighted by Crippen LogP contribution is -2.59. The van der Waals surface area contributed by atoms with Crippen molar-refractivity contribution < 1.29 is 0 Å². The molecule has 0 saturated carbocycles. The average Bonchev–Trinajstić information content (AvgIpc) is 2.48. The molecule has 0 amide bonds. The third kappa shape index (κ3) is 4.31. The van der Waals surface area contributed by atoms with Gasteiger partial charge in [0.2, 0.25) is 0 Å². The van der Waals surface area contributed by atoms with Gasteiger partial charge in [-0.15, -0.1) is 0 Å². The van der Waals surface area contributed by atoms with Crippen LogP contribution in [0.2, 0.25) is 0 Å². The number of piperazine rings is 1. The molecule has 0 aromatic heterocycles. The van der Waals surface area contributed by atoms with Crippen molar-refractivity contribution in [3.8, 4) is 0 Å². The van der Waals surface area contributed by atoms with E-state index in [0.717, 1.165) is 19.0 Å². The molecule has 2 nitrogen and oxygen atoms in total. The van der Waals surface area contributed by atoms with Crippen LogP contribution in [0.4, 0.5) is 0 Å². The summed E-state index contributed by atoms with van der Waals surface area (Å²) in [6, 6.07) is 10.3. The largest absolute Gasteiger partial charge is 0.311 e. The summed E-state index contributed by atoms with van der Waals surface area (Å²) >= 11 is 0. The van der Waals surface area contributed by atoms with Gasteiger partial charge in [0.15, 0.2) is 0 Å². The van der Waals surface area contributed by atoms with E-state index in [2.05, 4.69) is 69.1 Å². The van der Waals surface area contributed by atoms with Crippen LogP contribution >= 0.6 is 0 Å². The summed E-state index contributed by atoms with van der Waals surface area (Å²) in [5.41, 5.74) is 2.79. The summed E-state index contributed by atoms with van der Waals surface area (Å²) in [5.74, 6) is 1.44. The predicted octanol–water partition coefficient (Wildman–Crippen LogP) is 3.84. The number of rotatable bonds is 5. The summed E-state index contributed by atoms with van der Waals surface area (Å²) in [6.45, 7) is 14.9. The smallest absolute Gasteiger partial charge is 0.0250 e. The Morgan fingerprint density at radius 1 is 1.19 bits per heavy atom. The molecular formula is C19H32N2. The molecule has 1 aliphatic rings. The van der Waals surface area contributed by atoms with E-state index in [9.17, 15) is 0 Å². The zero-order chi connectivity index (χ0) is 15.4. The molecule has 0 bridgehead atoms. The zero-order valence-electron chi connectivity index (χ0n) is 14.4. The molecule has 1 aliphatic heterocycles. The van der Waals surface area contributed by atoms with Gasteiger partial charge in [-0.2, -0.15) is 0 Å². The molecule has 21 heavy (non-hydrogen) atoms. The minimum absolute atomic E-state index is 0.621. The lowest BCUT2D eigenvalue weighted by Gasteiger charge is -2.44. The Morgan fingerprint density at radius 3 is 2.43 bits per heavy atom. The second-order valence-electron chi connectivity index (χ2n) is 7.13. The fourth-order valence-electron chi connectivity index (χ4n) is 3.24. The lowest BCUT2D eigenvalue weighted by molar-refractivity contribution is 0.0722. The standard InChI is InChI=1S/C19H32N2/c1-6-16(5)19-11-20-18(14(2)3)13-21(19)12-17-9-7-15(4)8-10-17/h7-10,14,16,18-20H,6,11-13H2,1-5H3. The van der Waals surface area contributed by atoms with E-state index in [-0.39, 0.29) is 0 Å². The maximum atomic E-state index is 3.77. The van der Waals surface area contributed by atoms with Gasteiger partial charge in [0.05, 0.1) is 0 Å². The summed E-state index contributed by atoms with van der Waals surface area (Å²) in [7, 11) is 0. The van der Waals surface area contributed by atoms with Crippen molar-refractivity contribution in [2.45, 2.75) is 59.7 Å². The van der Waals surface area contributed by atoms with Gasteiger partial charge >= 0.3 is 0 Å². The van der Waals surface area contributed by atoms with Crippen LogP contribution in [-0.4, -0.2) is 30.1 Å². The third-order valence-corrected chi connectivity index (χ3v) is 5.10. The van der Waals surface area contributed by atoms with Gasteiger partial charge in [-0.1, -0.05) is 63.9 Å². The molecule has 2 rings (SSSR count). The minimum Gasteiger partial charge on any atom is -0.311 e. The highest BCUT2D eigenvalue weighted by atomic mass is 15.2. The maximum absolute atomic E-state index is 3.77. The van der Waals surface area contributed by atoms with E-state index in [1.54, 1.807) is 0 Å². The van der Waals surface area contributed by atoms with E-state index >= 15 is 0 Å². The van der Waals surface area contributed by atoms with Crippen molar-refractivity contribution in [3.05, 3.63) is 35.4 Å². The van der Waals surface area contributed by atoms with Crippen molar-refractivity contribution in [1.29, 1.82) is 0 Å². The fraction of sp³-hybridized carbons (Fsp3) is 0.684. The monoisotopic (exact) mass is 288 g/mol. The van der Waals surface area contributed by atoms with Gasteiger partial charge in [-0.3, -0.25) is 4.90 Å². The molecule has 1 fully saturated rings. The Hall–Kier alpha value is -0.860. The molecule has 1 aromatic rings. The Labute approximate surface area is 130 Å². The summed E-state index contributed by atoms with van der Waals surface area (Å²) in [5, 5.41) is 3.77. The van der Waals surface area contributed by atoms with Gasteiger partial charge in [0, 0.05) is 31.7 Å². The van der Waals surface area contributed by atoms with Crippen molar-refractivity contribution in [1.82, 2.24) is 10.2 Å². The molecule has 0 aliphatic carbocycles. The molecule has 0 radical (unpaired) electrons. The number of aryl methyl sites for hydroxylation is 1. The second kappa shape index (κ2) is 7.42. The number of nitrogens with zero attached hydrogens (tertiary/aromatic N) is 1. The number of benzene rings is 1. The molecule has 0 spiro atoms. The second-order valence-corrected chi connectivity index (χ2v) is 7.13. The van der Waals surface area contributed by atoms with Crippen LogP contribution in [0.3, 0.4) is 0 Å². The zero-order valence-corrected chi connectivity index (χ0v) is 14.4. The van der Waals surface area contributed by atoms with E-state index in [0.29, 0.717) is 18.0 Å². The molecule has 1 N–H and O–H groups in total. The van der Waals surface area contributed by atoms with Crippen LogP contribution in [0.1, 0.15) is 45.2 Å². The molecule has 1 saturated heterocycles. The molecule has 2 heteroatoms. The van der Waals surface area contributed by atoms with Gasteiger partial charge in [-0.25, -0.2) is 0 Å². The predicted molar refractivity (Wildman–Crippen MR) is 91.5 cm³/mol. The van der Waals surface area contributed by atoms with Gasteiger partial charge < -0.3 is 5.32 Å². The van der Waals surface area contributed by atoms with Gasteiger partial charge in [-0.05, 0) is 24.3 Å². The maximum Gasteiger partial charge on any atom is 0.0250 e. The average molecular weight is 288 g/mol. The van der Waals surface area contributed by atoms with Crippen LogP contribution in [0.15, 0.2) is 24.3 Å². The highest BCUT2D eigenvalue weighted by Crippen LogP contribution is 2.22. The first-order chi connectivity index (χ1) is 10.0.